The number of piperazine rings is 1. The van der Waals surface area contributed by atoms with Gasteiger partial charge in [0, 0.05) is 50.9 Å². The number of amides is 1. The molecule has 0 spiro atoms. The van der Waals surface area contributed by atoms with Crippen molar-refractivity contribution < 1.29 is 4.79 Å². The summed E-state index contributed by atoms with van der Waals surface area (Å²) in [6.45, 7) is 10.8. The molecule has 1 heterocycles. The van der Waals surface area contributed by atoms with Crippen LogP contribution in [0, 0.1) is 0 Å². The van der Waals surface area contributed by atoms with Crippen molar-refractivity contribution in [1.29, 1.82) is 0 Å². The van der Waals surface area contributed by atoms with Gasteiger partial charge in [0.05, 0.1) is 0 Å². The van der Waals surface area contributed by atoms with Gasteiger partial charge in [-0.3, -0.25) is 9.69 Å². The predicted molar refractivity (Wildman–Crippen MR) is 92.1 cm³/mol. The van der Waals surface area contributed by atoms with Gasteiger partial charge in [-0.15, -0.1) is 6.58 Å². The molecule has 0 bridgehead atoms. The molecule has 1 aliphatic rings. The summed E-state index contributed by atoms with van der Waals surface area (Å²) in [7, 11) is 0. The fourth-order valence-corrected chi connectivity index (χ4v) is 2.84. The second-order valence-corrected chi connectivity index (χ2v) is 5.92. The fourth-order valence-electron chi connectivity index (χ4n) is 2.84. The number of rotatable bonds is 7. The first kappa shape index (κ1) is 16.6. The van der Waals surface area contributed by atoms with Crippen molar-refractivity contribution in [1.82, 2.24) is 10.2 Å². The number of nitrogens with zero attached hydrogens (tertiary/aromatic N) is 2. The maximum atomic E-state index is 11.7. The molecule has 1 fully saturated rings. The maximum Gasteiger partial charge on any atom is 0.220 e. The number of allylic oxidation sites excluding steroid dienone is 1. The molecular weight excluding hydrogens is 274 g/mol. The Morgan fingerprint density at radius 2 is 1.95 bits per heavy atom. The monoisotopic (exact) mass is 301 g/mol. The maximum absolute atomic E-state index is 11.7. The molecule has 0 radical (unpaired) electrons. The molecule has 1 atom stereocenters. The van der Waals surface area contributed by atoms with E-state index in [2.05, 4.69) is 59.0 Å². The number of carbonyl (C=O) groups is 1. The second-order valence-electron chi connectivity index (χ2n) is 5.92. The van der Waals surface area contributed by atoms with E-state index in [4.69, 9.17) is 0 Å². The van der Waals surface area contributed by atoms with Gasteiger partial charge in [-0.05, 0) is 25.5 Å². The van der Waals surface area contributed by atoms with Gasteiger partial charge in [0.25, 0.3) is 0 Å². The van der Waals surface area contributed by atoms with Gasteiger partial charge in [0.2, 0.25) is 5.91 Å². The Bertz CT molecular complexity index is 466. The third-order valence-corrected chi connectivity index (χ3v) is 4.01. The number of anilines is 1. The lowest BCUT2D eigenvalue weighted by Gasteiger charge is -2.37. The van der Waals surface area contributed by atoms with E-state index in [9.17, 15) is 4.79 Å². The largest absolute Gasteiger partial charge is 0.369 e. The first-order valence-corrected chi connectivity index (χ1v) is 8.11. The number of para-hydroxylation sites is 1. The zero-order valence-corrected chi connectivity index (χ0v) is 13.5. The molecule has 4 heteroatoms. The topological polar surface area (TPSA) is 35.6 Å². The summed E-state index contributed by atoms with van der Waals surface area (Å²) in [6, 6.07) is 10.7. The van der Waals surface area contributed by atoms with Crippen LogP contribution in [-0.2, 0) is 4.79 Å². The van der Waals surface area contributed by atoms with Crippen LogP contribution in [-0.4, -0.2) is 49.6 Å². The molecule has 1 aromatic rings. The highest BCUT2D eigenvalue weighted by Crippen LogP contribution is 2.15. The lowest BCUT2D eigenvalue weighted by molar-refractivity contribution is -0.121. The highest BCUT2D eigenvalue weighted by atomic mass is 16.1. The Balaban J connectivity index is 1.70. The van der Waals surface area contributed by atoms with Crippen LogP contribution in [0.2, 0.25) is 0 Å². The molecule has 1 amide bonds. The van der Waals surface area contributed by atoms with E-state index in [1.54, 1.807) is 6.08 Å². The van der Waals surface area contributed by atoms with Crippen LogP contribution in [0.4, 0.5) is 5.69 Å². The molecular formula is C18H27N3O. The van der Waals surface area contributed by atoms with E-state index in [1.807, 2.05) is 0 Å². The molecule has 22 heavy (non-hydrogen) atoms. The second kappa shape index (κ2) is 8.59. The van der Waals surface area contributed by atoms with E-state index in [0.29, 0.717) is 6.42 Å². The van der Waals surface area contributed by atoms with Crippen molar-refractivity contribution in [3.8, 4) is 0 Å². The first-order chi connectivity index (χ1) is 10.7. The van der Waals surface area contributed by atoms with Crippen LogP contribution in [0.25, 0.3) is 0 Å². The highest BCUT2D eigenvalue weighted by Gasteiger charge is 2.19. The predicted octanol–water partition coefficient (Wildman–Crippen LogP) is 2.28. The van der Waals surface area contributed by atoms with Crippen molar-refractivity contribution in [2.45, 2.75) is 25.8 Å². The molecule has 0 aliphatic carbocycles. The third kappa shape index (κ3) is 5.19. The lowest BCUT2D eigenvalue weighted by atomic mass is 10.2. The first-order valence-electron chi connectivity index (χ1n) is 8.11. The Morgan fingerprint density at radius 1 is 1.27 bits per heavy atom. The molecule has 1 N–H and O–H groups in total. The van der Waals surface area contributed by atoms with Crippen LogP contribution in [0.15, 0.2) is 43.0 Å². The van der Waals surface area contributed by atoms with Crippen molar-refractivity contribution in [3.05, 3.63) is 43.0 Å². The quantitative estimate of drug-likeness (QED) is 0.785. The van der Waals surface area contributed by atoms with E-state index >= 15 is 0 Å². The number of nitrogens with one attached hydrogen (secondary N) is 1. The van der Waals surface area contributed by atoms with Crippen molar-refractivity contribution >= 4 is 11.6 Å². The zero-order chi connectivity index (χ0) is 15.8. The summed E-state index contributed by atoms with van der Waals surface area (Å²) in [5.41, 5.74) is 1.30. The molecule has 4 nitrogen and oxygen atoms in total. The molecule has 1 aromatic carbocycles. The summed E-state index contributed by atoms with van der Waals surface area (Å²) >= 11 is 0. The number of hydrogen-bond acceptors (Lipinski definition) is 3. The van der Waals surface area contributed by atoms with Gasteiger partial charge in [-0.1, -0.05) is 24.3 Å². The van der Waals surface area contributed by atoms with Crippen molar-refractivity contribution in [3.63, 3.8) is 0 Å². The molecule has 0 aromatic heterocycles. The number of carbonyl (C=O) groups excluding carboxylic acids is 1. The van der Waals surface area contributed by atoms with Gasteiger partial charge in [-0.25, -0.2) is 0 Å². The smallest absolute Gasteiger partial charge is 0.220 e. The van der Waals surface area contributed by atoms with Gasteiger partial charge in [0.15, 0.2) is 0 Å². The van der Waals surface area contributed by atoms with Gasteiger partial charge in [-0.2, -0.15) is 0 Å². The molecule has 1 unspecified atom stereocenters. The zero-order valence-electron chi connectivity index (χ0n) is 13.5. The average Bonchev–Trinajstić information content (AvgIpc) is 2.54. The van der Waals surface area contributed by atoms with Crippen molar-refractivity contribution in [2.75, 3.05) is 37.6 Å². The van der Waals surface area contributed by atoms with Gasteiger partial charge >= 0.3 is 0 Å². The number of benzene rings is 1. The number of hydrogen-bond donors (Lipinski definition) is 1. The van der Waals surface area contributed by atoms with E-state index in [-0.39, 0.29) is 11.9 Å². The Labute approximate surface area is 133 Å². The Hall–Kier alpha value is -1.81. The average molecular weight is 301 g/mol. The van der Waals surface area contributed by atoms with Crippen LogP contribution >= 0.6 is 0 Å². The normalized spacial score (nSPS) is 17.0. The van der Waals surface area contributed by atoms with Gasteiger partial charge in [0.1, 0.15) is 0 Å². The van der Waals surface area contributed by atoms with E-state index < -0.39 is 0 Å². The Kier molecular flexibility index (Phi) is 6.46. The fraction of sp³-hybridized carbons (Fsp3) is 0.500. The molecule has 0 saturated carbocycles. The summed E-state index contributed by atoms with van der Waals surface area (Å²) in [4.78, 5) is 16.6. The van der Waals surface area contributed by atoms with Crippen LogP contribution < -0.4 is 10.2 Å². The van der Waals surface area contributed by atoms with E-state index in [0.717, 1.165) is 39.1 Å². The summed E-state index contributed by atoms with van der Waals surface area (Å²) < 4.78 is 0. The molecule has 120 valence electrons. The van der Waals surface area contributed by atoms with Crippen LogP contribution in [0.3, 0.4) is 0 Å². The van der Waals surface area contributed by atoms with E-state index in [1.165, 1.54) is 5.69 Å². The molecule has 1 saturated heterocycles. The molecule has 1 aliphatic heterocycles. The summed E-state index contributed by atoms with van der Waals surface area (Å²) in [5, 5.41) is 3.06. The summed E-state index contributed by atoms with van der Waals surface area (Å²) in [5.74, 6) is 0.121. The van der Waals surface area contributed by atoms with Gasteiger partial charge < -0.3 is 10.2 Å². The lowest BCUT2D eigenvalue weighted by Crippen LogP contribution is -2.50. The summed E-state index contributed by atoms with van der Waals surface area (Å²) in [6.07, 6.45) is 3.07. The molecule has 2 rings (SSSR count). The minimum atomic E-state index is 0.121. The Morgan fingerprint density at radius 3 is 2.59 bits per heavy atom. The van der Waals surface area contributed by atoms with Crippen LogP contribution in [0.1, 0.15) is 19.8 Å². The minimum absolute atomic E-state index is 0.121. The van der Waals surface area contributed by atoms with Crippen molar-refractivity contribution in [2.24, 2.45) is 0 Å². The highest BCUT2D eigenvalue weighted by molar-refractivity contribution is 5.76. The van der Waals surface area contributed by atoms with Crippen LogP contribution in [0.5, 0.6) is 0 Å². The SMILES string of the molecule is C=CCCC(=O)NC(C)CN1CCN(c2ccccc2)CC1. The third-order valence-electron chi connectivity index (χ3n) is 4.01. The standard InChI is InChI=1S/C18H27N3O/c1-3-4-10-18(22)19-16(2)15-20-11-13-21(14-12-20)17-8-6-5-7-9-17/h3,5-9,16H,1,4,10-15H2,2H3,(H,19,22). The minimum Gasteiger partial charge on any atom is -0.369 e.